The molecule has 3 nitrogen and oxygen atoms in total. The van der Waals surface area contributed by atoms with Gasteiger partial charge in [0.25, 0.3) is 0 Å². The molecule has 0 aromatic carbocycles. The Morgan fingerprint density at radius 1 is 1.73 bits per heavy atom. The summed E-state index contributed by atoms with van der Waals surface area (Å²) >= 11 is 5.55. The van der Waals surface area contributed by atoms with Crippen molar-refractivity contribution in [2.24, 2.45) is 7.05 Å². The molecule has 0 radical (unpaired) electrons. The Morgan fingerprint density at radius 3 is 2.45 bits per heavy atom. The Balaban J connectivity index is 3.34. The molecule has 0 aliphatic carbocycles. The number of hydrogen-bond donors (Lipinski definition) is 0. The zero-order valence-electron chi connectivity index (χ0n) is 6.06. The number of carbonyl (C=O) groups is 1. The molecule has 0 N–H and O–H groups in total. The molecule has 0 amide bonds. The molecule has 0 unspecified atom stereocenters. The van der Waals surface area contributed by atoms with Crippen molar-refractivity contribution < 1.29 is 9.18 Å². The topological polar surface area (TPSA) is 34.9 Å². The molecule has 0 saturated heterocycles. The van der Waals surface area contributed by atoms with Gasteiger partial charge in [-0.2, -0.15) is 9.49 Å². The van der Waals surface area contributed by atoms with E-state index < -0.39 is 6.04 Å². The van der Waals surface area contributed by atoms with Gasteiger partial charge in [-0.1, -0.05) is 11.6 Å². The Kier molecular flexibility index (Phi) is 1.95. The standard InChI is InChI=1S/C6H6ClFN2O/c1-3-4(6(8)11)5(7)10(2)9-3/h1-2H3. The highest BCUT2D eigenvalue weighted by atomic mass is 35.5. The van der Waals surface area contributed by atoms with E-state index in [0.717, 1.165) is 0 Å². The second-order valence-corrected chi connectivity index (χ2v) is 2.51. The van der Waals surface area contributed by atoms with Crippen LogP contribution in [0.4, 0.5) is 4.39 Å². The molecular formula is C6H6ClFN2O. The summed E-state index contributed by atoms with van der Waals surface area (Å²) in [4.78, 5) is 10.3. The first-order valence-electron chi connectivity index (χ1n) is 2.93. The van der Waals surface area contributed by atoms with Gasteiger partial charge in [-0.05, 0) is 6.92 Å². The van der Waals surface area contributed by atoms with E-state index in [-0.39, 0.29) is 10.7 Å². The summed E-state index contributed by atoms with van der Waals surface area (Å²) in [5.41, 5.74) is 0.166. The van der Waals surface area contributed by atoms with E-state index in [1.807, 2.05) is 0 Å². The van der Waals surface area contributed by atoms with Gasteiger partial charge in [0.05, 0.1) is 5.69 Å². The van der Waals surface area contributed by atoms with E-state index in [9.17, 15) is 9.18 Å². The van der Waals surface area contributed by atoms with Crippen molar-refractivity contribution >= 4 is 17.6 Å². The van der Waals surface area contributed by atoms with Gasteiger partial charge in [-0.3, -0.25) is 9.48 Å². The van der Waals surface area contributed by atoms with E-state index in [1.165, 1.54) is 11.6 Å². The summed E-state index contributed by atoms with van der Waals surface area (Å²) in [5.74, 6) is 0. The maximum absolute atomic E-state index is 12.2. The molecular weight excluding hydrogens is 171 g/mol. The predicted octanol–water partition coefficient (Wildman–Crippen LogP) is 1.49. The number of aromatic nitrogens is 2. The predicted molar refractivity (Wildman–Crippen MR) is 38.4 cm³/mol. The maximum Gasteiger partial charge on any atom is 0.337 e. The van der Waals surface area contributed by atoms with Gasteiger partial charge in [0.1, 0.15) is 10.7 Å². The molecule has 0 fully saturated rings. The van der Waals surface area contributed by atoms with Crippen molar-refractivity contribution in [2.45, 2.75) is 6.92 Å². The summed E-state index contributed by atoms with van der Waals surface area (Å²) < 4.78 is 13.4. The van der Waals surface area contributed by atoms with Crippen LogP contribution in [0, 0.1) is 6.92 Å². The van der Waals surface area contributed by atoms with Crippen molar-refractivity contribution in [3.05, 3.63) is 16.4 Å². The number of carbonyl (C=O) groups excluding carboxylic acids is 1. The summed E-state index contributed by atoms with van der Waals surface area (Å²) in [6.45, 7) is 1.53. The van der Waals surface area contributed by atoms with Crippen LogP contribution in [-0.4, -0.2) is 15.8 Å². The number of rotatable bonds is 1. The van der Waals surface area contributed by atoms with Gasteiger partial charge in [0.15, 0.2) is 0 Å². The van der Waals surface area contributed by atoms with Crippen molar-refractivity contribution in [1.29, 1.82) is 0 Å². The molecule has 1 rings (SSSR count). The monoisotopic (exact) mass is 176 g/mol. The second-order valence-electron chi connectivity index (χ2n) is 2.15. The third-order valence-corrected chi connectivity index (χ3v) is 1.78. The number of hydrogen-bond acceptors (Lipinski definition) is 2. The zero-order valence-corrected chi connectivity index (χ0v) is 6.81. The largest absolute Gasteiger partial charge is 0.337 e. The molecule has 60 valence electrons. The second kappa shape index (κ2) is 2.62. The fourth-order valence-corrected chi connectivity index (χ4v) is 1.10. The van der Waals surface area contributed by atoms with Crippen molar-refractivity contribution in [2.75, 3.05) is 0 Å². The van der Waals surface area contributed by atoms with Crippen molar-refractivity contribution in [1.82, 2.24) is 9.78 Å². The normalized spacial score (nSPS) is 10.2. The molecule has 0 atom stereocenters. The van der Waals surface area contributed by atoms with Crippen molar-refractivity contribution in [3.63, 3.8) is 0 Å². The lowest BCUT2D eigenvalue weighted by Gasteiger charge is -1.89. The van der Waals surface area contributed by atoms with Crippen LogP contribution in [0.5, 0.6) is 0 Å². The van der Waals surface area contributed by atoms with Gasteiger partial charge in [-0.15, -0.1) is 0 Å². The van der Waals surface area contributed by atoms with Crippen LogP contribution in [0.15, 0.2) is 0 Å². The van der Waals surface area contributed by atoms with E-state index in [4.69, 9.17) is 11.6 Å². The van der Waals surface area contributed by atoms with Crippen LogP contribution in [-0.2, 0) is 7.05 Å². The number of aryl methyl sites for hydroxylation is 2. The fourth-order valence-electron chi connectivity index (χ4n) is 0.853. The van der Waals surface area contributed by atoms with Crippen LogP contribution in [0.3, 0.4) is 0 Å². The first-order valence-corrected chi connectivity index (χ1v) is 3.30. The van der Waals surface area contributed by atoms with E-state index in [1.54, 1.807) is 7.05 Å². The molecule has 5 heteroatoms. The molecule has 1 heterocycles. The molecule has 0 aliphatic rings. The molecule has 0 spiro atoms. The third kappa shape index (κ3) is 1.26. The SMILES string of the molecule is Cc1nn(C)c(Cl)c1C(=O)F. The highest BCUT2D eigenvalue weighted by molar-refractivity contribution is 6.32. The molecule has 0 saturated carbocycles. The fraction of sp³-hybridized carbons (Fsp3) is 0.333. The van der Waals surface area contributed by atoms with Gasteiger partial charge < -0.3 is 0 Å². The quantitative estimate of drug-likeness (QED) is 0.608. The number of nitrogens with zero attached hydrogens (tertiary/aromatic N) is 2. The summed E-state index contributed by atoms with van der Waals surface area (Å²) in [6.07, 6.45) is 0. The summed E-state index contributed by atoms with van der Waals surface area (Å²) in [6, 6.07) is -1.54. The van der Waals surface area contributed by atoms with Crippen LogP contribution < -0.4 is 0 Å². The lowest BCUT2D eigenvalue weighted by Crippen LogP contribution is -1.92. The van der Waals surface area contributed by atoms with Crippen LogP contribution in [0.25, 0.3) is 0 Å². The van der Waals surface area contributed by atoms with Gasteiger partial charge in [0, 0.05) is 7.05 Å². The van der Waals surface area contributed by atoms with Crippen LogP contribution in [0.2, 0.25) is 5.15 Å². The Hall–Kier alpha value is -0.900. The Labute approximate surface area is 67.8 Å². The average molecular weight is 177 g/mol. The average Bonchev–Trinajstić information content (AvgIpc) is 2.07. The maximum atomic E-state index is 12.2. The number of halogens is 2. The lowest BCUT2D eigenvalue weighted by atomic mass is 10.3. The van der Waals surface area contributed by atoms with E-state index in [2.05, 4.69) is 5.10 Å². The molecule has 11 heavy (non-hydrogen) atoms. The van der Waals surface area contributed by atoms with Gasteiger partial charge in [0.2, 0.25) is 0 Å². The van der Waals surface area contributed by atoms with Gasteiger partial charge in [-0.25, -0.2) is 0 Å². The minimum atomic E-state index is -1.54. The first-order chi connectivity index (χ1) is 5.04. The first kappa shape index (κ1) is 8.20. The molecule has 1 aromatic rings. The molecule has 0 aliphatic heterocycles. The summed E-state index contributed by atoms with van der Waals surface area (Å²) in [7, 11) is 1.54. The zero-order chi connectivity index (χ0) is 8.59. The van der Waals surface area contributed by atoms with E-state index in [0.29, 0.717) is 5.69 Å². The summed E-state index contributed by atoms with van der Waals surface area (Å²) in [5, 5.41) is 3.79. The highest BCUT2D eigenvalue weighted by Gasteiger charge is 2.17. The highest BCUT2D eigenvalue weighted by Crippen LogP contribution is 2.18. The smallest absolute Gasteiger partial charge is 0.256 e. The Bertz CT molecular complexity index is 308. The minimum absolute atomic E-state index is 0.0370. The lowest BCUT2D eigenvalue weighted by molar-refractivity contribution is 0.0835. The molecule has 1 aromatic heterocycles. The third-order valence-electron chi connectivity index (χ3n) is 1.35. The minimum Gasteiger partial charge on any atom is -0.256 e. The molecule has 0 bridgehead atoms. The van der Waals surface area contributed by atoms with Crippen LogP contribution >= 0.6 is 11.6 Å². The van der Waals surface area contributed by atoms with Crippen molar-refractivity contribution in [3.8, 4) is 0 Å². The van der Waals surface area contributed by atoms with Gasteiger partial charge >= 0.3 is 6.04 Å². The Morgan fingerprint density at radius 2 is 2.27 bits per heavy atom. The van der Waals surface area contributed by atoms with E-state index >= 15 is 0 Å². The van der Waals surface area contributed by atoms with Crippen LogP contribution in [0.1, 0.15) is 16.1 Å².